The monoisotopic (exact) mass is 377 g/mol. The number of nitrogens with zero attached hydrogens (tertiary/aromatic N) is 3. The molecule has 1 aromatic carbocycles. The summed E-state index contributed by atoms with van der Waals surface area (Å²) in [6, 6.07) is 6.48. The number of rotatable bonds is 3. The lowest BCUT2D eigenvalue weighted by Crippen LogP contribution is -2.48. The van der Waals surface area contributed by atoms with Gasteiger partial charge < -0.3 is 14.4 Å². The van der Waals surface area contributed by atoms with E-state index in [4.69, 9.17) is 0 Å². The second-order valence-electron chi connectivity index (χ2n) is 6.43. The van der Waals surface area contributed by atoms with Crippen molar-refractivity contribution in [2.24, 2.45) is 0 Å². The first-order valence-electron chi connectivity index (χ1n) is 8.33. The number of likely N-dealkylation sites (N-methyl/N-ethyl adjacent to an activating group) is 1. The van der Waals surface area contributed by atoms with Crippen molar-refractivity contribution in [3.63, 3.8) is 0 Å². The largest absolute Gasteiger partial charge is 0.344 e. The highest BCUT2D eigenvalue weighted by molar-refractivity contribution is 9.10. The van der Waals surface area contributed by atoms with Gasteiger partial charge in [-0.1, -0.05) is 28.9 Å². The van der Waals surface area contributed by atoms with E-state index in [1.54, 1.807) is 0 Å². The van der Waals surface area contributed by atoms with E-state index < -0.39 is 0 Å². The molecule has 4 nitrogen and oxygen atoms in total. The highest BCUT2D eigenvalue weighted by atomic mass is 79.9. The predicted molar refractivity (Wildman–Crippen MR) is 98.0 cm³/mol. The molecule has 1 amide bonds. The summed E-state index contributed by atoms with van der Waals surface area (Å²) >= 11 is 3.54. The van der Waals surface area contributed by atoms with E-state index in [1.165, 1.54) is 0 Å². The molecular formula is C18H24BrN3O. The normalized spacial score (nSPS) is 16.5. The molecule has 2 aromatic rings. The van der Waals surface area contributed by atoms with Gasteiger partial charge in [0.25, 0.3) is 5.91 Å². The quantitative estimate of drug-likeness (QED) is 0.814. The summed E-state index contributed by atoms with van der Waals surface area (Å²) in [7, 11) is 0. The maximum Gasteiger partial charge on any atom is 0.256 e. The summed E-state index contributed by atoms with van der Waals surface area (Å²) in [5, 5.41) is 1.05. The van der Waals surface area contributed by atoms with Crippen molar-refractivity contribution in [3.8, 4) is 0 Å². The number of hydrogen-bond acceptors (Lipinski definition) is 2. The second-order valence-corrected chi connectivity index (χ2v) is 7.35. The Morgan fingerprint density at radius 2 is 1.91 bits per heavy atom. The Hall–Kier alpha value is -1.33. The van der Waals surface area contributed by atoms with E-state index in [9.17, 15) is 4.79 Å². The zero-order valence-electron chi connectivity index (χ0n) is 14.1. The highest BCUT2D eigenvalue weighted by Gasteiger charge is 2.24. The Bertz CT molecular complexity index is 714. The summed E-state index contributed by atoms with van der Waals surface area (Å²) in [5.41, 5.74) is 1.94. The number of carbonyl (C=O) groups is 1. The van der Waals surface area contributed by atoms with Crippen LogP contribution in [0.1, 0.15) is 37.2 Å². The van der Waals surface area contributed by atoms with Crippen LogP contribution in [0.2, 0.25) is 0 Å². The van der Waals surface area contributed by atoms with Gasteiger partial charge in [0.2, 0.25) is 0 Å². The molecule has 0 atom stereocenters. The Morgan fingerprint density at radius 3 is 2.52 bits per heavy atom. The van der Waals surface area contributed by atoms with Gasteiger partial charge in [-0.15, -0.1) is 0 Å². The van der Waals surface area contributed by atoms with Gasteiger partial charge in [-0.25, -0.2) is 0 Å². The SMILES string of the molecule is CCN1CCN(C(=O)c2cn(C(C)C)c3cc(Br)ccc23)CC1. The first-order chi connectivity index (χ1) is 11.0. The molecule has 1 saturated heterocycles. The van der Waals surface area contributed by atoms with E-state index in [-0.39, 0.29) is 5.91 Å². The van der Waals surface area contributed by atoms with Crippen molar-refractivity contribution < 1.29 is 4.79 Å². The molecule has 1 aliphatic heterocycles. The van der Waals surface area contributed by atoms with Gasteiger partial charge in [0.05, 0.1) is 11.1 Å². The second kappa shape index (κ2) is 6.65. The van der Waals surface area contributed by atoms with Crippen LogP contribution in [-0.2, 0) is 0 Å². The van der Waals surface area contributed by atoms with Gasteiger partial charge in [0, 0.05) is 48.3 Å². The molecule has 0 aliphatic carbocycles. The van der Waals surface area contributed by atoms with Gasteiger partial charge in [-0.2, -0.15) is 0 Å². The Balaban J connectivity index is 1.95. The smallest absolute Gasteiger partial charge is 0.256 e. The summed E-state index contributed by atoms with van der Waals surface area (Å²) in [4.78, 5) is 17.4. The fourth-order valence-corrected chi connectivity index (χ4v) is 3.61. The molecule has 3 rings (SSSR count). The Morgan fingerprint density at radius 1 is 1.22 bits per heavy atom. The van der Waals surface area contributed by atoms with Crippen molar-refractivity contribution in [2.45, 2.75) is 26.8 Å². The summed E-state index contributed by atoms with van der Waals surface area (Å²) in [6.45, 7) is 11.1. The number of fused-ring (bicyclic) bond motifs is 1. The summed E-state index contributed by atoms with van der Waals surface area (Å²) < 4.78 is 3.23. The Kier molecular flexibility index (Phi) is 4.78. The standard InChI is InChI=1S/C18H24BrN3O/c1-4-20-7-9-21(10-8-20)18(23)16-12-22(13(2)3)17-11-14(19)5-6-15(16)17/h5-6,11-13H,4,7-10H2,1-3H3. The van der Waals surface area contributed by atoms with E-state index in [2.05, 4.69) is 52.2 Å². The lowest BCUT2D eigenvalue weighted by molar-refractivity contribution is 0.0645. The molecular weight excluding hydrogens is 354 g/mol. The number of aromatic nitrogens is 1. The average molecular weight is 378 g/mol. The maximum absolute atomic E-state index is 13.0. The predicted octanol–water partition coefficient (Wildman–Crippen LogP) is 3.76. The molecule has 1 aromatic heterocycles. The average Bonchev–Trinajstić information content (AvgIpc) is 2.93. The fraction of sp³-hybridized carbons (Fsp3) is 0.500. The van der Waals surface area contributed by atoms with Crippen molar-refractivity contribution in [1.29, 1.82) is 0 Å². The van der Waals surface area contributed by atoms with Crippen LogP contribution >= 0.6 is 15.9 Å². The van der Waals surface area contributed by atoms with Crippen LogP contribution in [-0.4, -0.2) is 53.0 Å². The molecule has 0 radical (unpaired) electrons. The lowest BCUT2D eigenvalue weighted by atomic mass is 10.1. The third-order valence-corrected chi connectivity index (χ3v) is 5.18. The van der Waals surface area contributed by atoms with Crippen LogP contribution in [0.3, 0.4) is 0 Å². The third kappa shape index (κ3) is 3.17. The molecule has 5 heteroatoms. The molecule has 1 aliphatic rings. The van der Waals surface area contributed by atoms with Crippen LogP contribution in [0.5, 0.6) is 0 Å². The van der Waals surface area contributed by atoms with Crippen LogP contribution in [0.4, 0.5) is 0 Å². The number of hydrogen-bond donors (Lipinski definition) is 0. The summed E-state index contributed by atoms with van der Waals surface area (Å²) in [5.74, 6) is 0.160. The molecule has 0 spiro atoms. The minimum Gasteiger partial charge on any atom is -0.344 e. The molecule has 0 saturated carbocycles. The molecule has 124 valence electrons. The first kappa shape index (κ1) is 16.5. The zero-order valence-corrected chi connectivity index (χ0v) is 15.6. The zero-order chi connectivity index (χ0) is 16.6. The molecule has 23 heavy (non-hydrogen) atoms. The minimum atomic E-state index is 0.160. The molecule has 0 bridgehead atoms. The van der Waals surface area contributed by atoms with Gasteiger partial charge >= 0.3 is 0 Å². The van der Waals surface area contributed by atoms with Gasteiger partial charge in [-0.05, 0) is 32.5 Å². The molecule has 0 unspecified atom stereocenters. The van der Waals surface area contributed by atoms with Crippen molar-refractivity contribution in [1.82, 2.24) is 14.4 Å². The number of benzene rings is 1. The first-order valence-corrected chi connectivity index (χ1v) is 9.12. The number of amides is 1. The molecule has 2 heterocycles. The van der Waals surface area contributed by atoms with Crippen molar-refractivity contribution >= 4 is 32.7 Å². The van der Waals surface area contributed by atoms with Gasteiger partial charge in [0.1, 0.15) is 0 Å². The van der Waals surface area contributed by atoms with Crippen LogP contribution < -0.4 is 0 Å². The minimum absolute atomic E-state index is 0.160. The summed E-state index contributed by atoms with van der Waals surface area (Å²) in [6.07, 6.45) is 2.02. The van der Waals surface area contributed by atoms with Gasteiger partial charge in [0.15, 0.2) is 0 Å². The van der Waals surface area contributed by atoms with Gasteiger partial charge in [-0.3, -0.25) is 4.79 Å². The third-order valence-electron chi connectivity index (χ3n) is 4.69. The van der Waals surface area contributed by atoms with Crippen LogP contribution in [0.25, 0.3) is 10.9 Å². The number of halogens is 1. The van der Waals surface area contributed by atoms with E-state index in [0.717, 1.165) is 53.7 Å². The fourth-order valence-electron chi connectivity index (χ4n) is 3.26. The van der Waals surface area contributed by atoms with Crippen LogP contribution in [0, 0.1) is 0 Å². The number of carbonyl (C=O) groups excluding carboxylic acids is 1. The van der Waals surface area contributed by atoms with Crippen molar-refractivity contribution in [2.75, 3.05) is 32.7 Å². The van der Waals surface area contributed by atoms with Crippen LogP contribution in [0.15, 0.2) is 28.9 Å². The van der Waals surface area contributed by atoms with Crippen molar-refractivity contribution in [3.05, 3.63) is 34.4 Å². The lowest BCUT2D eigenvalue weighted by Gasteiger charge is -2.34. The van der Waals surface area contributed by atoms with E-state index >= 15 is 0 Å². The Labute approximate surface area is 146 Å². The molecule has 0 N–H and O–H groups in total. The van der Waals surface area contributed by atoms with E-state index in [0.29, 0.717) is 6.04 Å². The molecule has 1 fully saturated rings. The maximum atomic E-state index is 13.0. The number of piperazine rings is 1. The highest BCUT2D eigenvalue weighted by Crippen LogP contribution is 2.28. The van der Waals surface area contributed by atoms with E-state index in [1.807, 2.05) is 23.2 Å². The topological polar surface area (TPSA) is 28.5 Å².